The number of nitrogens with one attached hydrogen (secondary N) is 1. The fourth-order valence-corrected chi connectivity index (χ4v) is 1.83. The summed E-state index contributed by atoms with van der Waals surface area (Å²) in [7, 11) is 0. The molecule has 0 aliphatic rings. The molecule has 0 fully saturated rings. The number of carboxylic acid groups (broad SMARTS) is 1. The minimum absolute atomic E-state index is 0.0875. The second kappa shape index (κ2) is 5.97. The molecule has 1 amide bonds. The molecule has 0 saturated carbocycles. The number of aryl methyl sites for hydroxylation is 1. The second-order valence-electron chi connectivity index (χ2n) is 4.44. The predicted molar refractivity (Wildman–Crippen MR) is 74.7 cm³/mol. The molecular formula is C15H14N2O3. The zero-order chi connectivity index (χ0) is 14.5. The third kappa shape index (κ3) is 3.41. The molecule has 102 valence electrons. The molecule has 0 bridgehead atoms. The van der Waals surface area contributed by atoms with Crippen LogP contribution in [0.4, 0.5) is 5.69 Å². The third-order valence-electron chi connectivity index (χ3n) is 2.77. The summed E-state index contributed by atoms with van der Waals surface area (Å²) in [6, 6.07) is 8.42. The van der Waals surface area contributed by atoms with Gasteiger partial charge >= 0.3 is 5.97 Å². The van der Waals surface area contributed by atoms with E-state index in [-0.39, 0.29) is 17.9 Å². The highest BCUT2D eigenvalue weighted by Gasteiger charge is 2.13. The van der Waals surface area contributed by atoms with Crippen molar-refractivity contribution in [2.45, 2.75) is 13.3 Å². The van der Waals surface area contributed by atoms with Gasteiger partial charge in [-0.15, -0.1) is 0 Å². The smallest absolute Gasteiger partial charge is 0.337 e. The standard InChI is InChI=1S/C15H14N2O3/c1-10-4-5-13(12(7-10)15(19)20)17-14(18)8-11-3-2-6-16-9-11/h2-7,9H,8H2,1H3,(H,17,18)(H,19,20). The Morgan fingerprint density at radius 1 is 1.30 bits per heavy atom. The van der Waals surface area contributed by atoms with Gasteiger partial charge in [-0.2, -0.15) is 0 Å². The summed E-state index contributed by atoms with van der Waals surface area (Å²) < 4.78 is 0. The highest BCUT2D eigenvalue weighted by atomic mass is 16.4. The minimum Gasteiger partial charge on any atom is -0.478 e. The van der Waals surface area contributed by atoms with Gasteiger partial charge in [0.1, 0.15) is 0 Å². The molecule has 2 aromatic rings. The first-order chi connectivity index (χ1) is 9.56. The Bertz CT molecular complexity index is 639. The molecule has 20 heavy (non-hydrogen) atoms. The summed E-state index contributed by atoms with van der Waals surface area (Å²) in [4.78, 5) is 27.0. The van der Waals surface area contributed by atoms with Gasteiger partial charge in [0.15, 0.2) is 0 Å². The number of anilines is 1. The highest BCUT2D eigenvalue weighted by Crippen LogP contribution is 2.17. The fourth-order valence-electron chi connectivity index (χ4n) is 1.83. The fraction of sp³-hybridized carbons (Fsp3) is 0.133. The SMILES string of the molecule is Cc1ccc(NC(=O)Cc2cccnc2)c(C(=O)O)c1. The van der Waals surface area contributed by atoms with Crippen molar-refractivity contribution in [1.29, 1.82) is 0 Å². The lowest BCUT2D eigenvalue weighted by Crippen LogP contribution is -2.17. The van der Waals surface area contributed by atoms with Gasteiger partial charge in [-0.1, -0.05) is 17.7 Å². The quantitative estimate of drug-likeness (QED) is 0.893. The molecule has 0 aliphatic carbocycles. The lowest BCUT2D eigenvalue weighted by Gasteiger charge is -2.09. The molecule has 0 radical (unpaired) electrons. The number of aromatic nitrogens is 1. The minimum atomic E-state index is -1.06. The van der Waals surface area contributed by atoms with Crippen LogP contribution in [0.5, 0.6) is 0 Å². The number of rotatable bonds is 4. The Morgan fingerprint density at radius 3 is 2.75 bits per heavy atom. The lowest BCUT2D eigenvalue weighted by atomic mass is 10.1. The molecule has 0 spiro atoms. The molecule has 2 N–H and O–H groups in total. The van der Waals surface area contributed by atoms with Crippen LogP contribution in [-0.2, 0) is 11.2 Å². The molecule has 0 saturated heterocycles. The van der Waals surface area contributed by atoms with Crippen molar-refractivity contribution in [3.8, 4) is 0 Å². The number of carbonyl (C=O) groups excluding carboxylic acids is 1. The second-order valence-corrected chi connectivity index (χ2v) is 4.44. The first-order valence-electron chi connectivity index (χ1n) is 6.09. The van der Waals surface area contributed by atoms with Crippen molar-refractivity contribution in [3.63, 3.8) is 0 Å². The number of benzene rings is 1. The number of hydrogen-bond donors (Lipinski definition) is 2. The molecule has 0 atom stereocenters. The topological polar surface area (TPSA) is 79.3 Å². The van der Waals surface area contributed by atoms with Crippen LogP contribution in [0.1, 0.15) is 21.5 Å². The number of carboxylic acids is 1. The van der Waals surface area contributed by atoms with Crippen LogP contribution < -0.4 is 5.32 Å². The first kappa shape index (κ1) is 13.7. The molecule has 1 aromatic carbocycles. The number of carbonyl (C=O) groups is 2. The van der Waals surface area contributed by atoms with E-state index in [0.29, 0.717) is 5.69 Å². The Balaban J connectivity index is 2.14. The van der Waals surface area contributed by atoms with Gasteiger partial charge in [0, 0.05) is 12.4 Å². The average Bonchev–Trinajstić information content (AvgIpc) is 2.41. The number of nitrogens with zero attached hydrogens (tertiary/aromatic N) is 1. The van der Waals surface area contributed by atoms with Gasteiger partial charge in [0.05, 0.1) is 17.7 Å². The Kier molecular flexibility index (Phi) is 4.10. The zero-order valence-corrected chi connectivity index (χ0v) is 11.0. The van der Waals surface area contributed by atoms with Gasteiger partial charge in [-0.05, 0) is 30.7 Å². The van der Waals surface area contributed by atoms with E-state index in [1.54, 1.807) is 43.6 Å². The van der Waals surface area contributed by atoms with E-state index in [1.165, 1.54) is 6.07 Å². The molecule has 1 aromatic heterocycles. The van der Waals surface area contributed by atoms with Crippen molar-refractivity contribution >= 4 is 17.6 Å². The zero-order valence-electron chi connectivity index (χ0n) is 11.0. The molecule has 5 nitrogen and oxygen atoms in total. The largest absolute Gasteiger partial charge is 0.478 e. The van der Waals surface area contributed by atoms with Crippen LogP contribution in [-0.4, -0.2) is 22.0 Å². The summed E-state index contributed by atoms with van der Waals surface area (Å²) in [5.41, 5.74) is 1.99. The molecule has 2 rings (SSSR count). The summed E-state index contributed by atoms with van der Waals surface area (Å²) in [6.45, 7) is 1.80. The van der Waals surface area contributed by atoms with E-state index in [1.807, 2.05) is 0 Å². The first-order valence-corrected chi connectivity index (χ1v) is 6.09. The molecular weight excluding hydrogens is 256 g/mol. The maximum atomic E-state index is 11.9. The monoisotopic (exact) mass is 270 g/mol. The Morgan fingerprint density at radius 2 is 2.10 bits per heavy atom. The van der Waals surface area contributed by atoms with Gasteiger partial charge in [0.2, 0.25) is 5.91 Å². The molecule has 5 heteroatoms. The van der Waals surface area contributed by atoms with Crippen molar-refractivity contribution in [2.24, 2.45) is 0 Å². The van der Waals surface area contributed by atoms with Gasteiger partial charge in [0.25, 0.3) is 0 Å². The van der Waals surface area contributed by atoms with Crippen LogP contribution in [0.3, 0.4) is 0 Å². The normalized spacial score (nSPS) is 10.1. The highest BCUT2D eigenvalue weighted by molar-refractivity contribution is 6.01. The lowest BCUT2D eigenvalue weighted by molar-refractivity contribution is -0.115. The van der Waals surface area contributed by atoms with Crippen LogP contribution in [0.25, 0.3) is 0 Å². The summed E-state index contributed by atoms with van der Waals surface area (Å²) in [5, 5.41) is 11.8. The van der Waals surface area contributed by atoms with Crippen LogP contribution in [0.2, 0.25) is 0 Å². The Hall–Kier alpha value is -2.69. The number of aromatic carboxylic acids is 1. The van der Waals surface area contributed by atoms with Crippen molar-refractivity contribution in [1.82, 2.24) is 4.98 Å². The number of hydrogen-bond acceptors (Lipinski definition) is 3. The van der Waals surface area contributed by atoms with Gasteiger partial charge in [-0.3, -0.25) is 9.78 Å². The average molecular weight is 270 g/mol. The van der Waals surface area contributed by atoms with Crippen molar-refractivity contribution in [3.05, 3.63) is 59.4 Å². The van der Waals surface area contributed by atoms with E-state index >= 15 is 0 Å². The van der Waals surface area contributed by atoms with Crippen LogP contribution in [0.15, 0.2) is 42.7 Å². The van der Waals surface area contributed by atoms with Crippen molar-refractivity contribution in [2.75, 3.05) is 5.32 Å². The summed E-state index contributed by atoms with van der Waals surface area (Å²) >= 11 is 0. The van der Waals surface area contributed by atoms with Crippen LogP contribution >= 0.6 is 0 Å². The summed E-state index contributed by atoms with van der Waals surface area (Å²) in [6.07, 6.45) is 3.39. The van der Waals surface area contributed by atoms with Gasteiger partial charge in [-0.25, -0.2) is 4.79 Å². The maximum absolute atomic E-state index is 11.9. The Labute approximate surface area is 116 Å². The van der Waals surface area contributed by atoms with E-state index in [9.17, 15) is 9.59 Å². The third-order valence-corrected chi connectivity index (χ3v) is 2.77. The predicted octanol–water partition coefficient (Wildman–Crippen LogP) is 2.27. The van der Waals surface area contributed by atoms with E-state index in [2.05, 4.69) is 10.3 Å². The van der Waals surface area contributed by atoms with Gasteiger partial charge < -0.3 is 10.4 Å². The summed E-state index contributed by atoms with van der Waals surface area (Å²) in [5.74, 6) is -1.34. The molecule has 1 heterocycles. The van der Waals surface area contributed by atoms with E-state index in [0.717, 1.165) is 11.1 Å². The maximum Gasteiger partial charge on any atom is 0.337 e. The van der Waals surface area contributed by atoms with Crippen LogP contribution in [0, 0.1) is 6.92 Å². The van der Waals surface area contributed by atoms with E-state index < -0.39 is 5.97 Å². The number of amides is 1. The molecule has 0 aliphatic heterocycles. The van der Waals surface area contributed by atoms with E-state index in [4.69, 9.17) is 5.11 Å². The molecule has 0 unspecified atom stereocenters. The number of pyridine rings is 1. The van der Waals surface area contributed by atoms with Crippen molar-refractivity contribution < 1.29 is 14.7 Å².